The number of amides is 1. The molecule has 0 atom stereocenters. The molecular formula is C18H16ClN3O3S2. The van der Waals surface area contributed by atoms with Crippen molar-refractivity contribution in [3.8, 4) is 0 Å². The molecule has 1 amide bonds. The maximum absolute atomic E-state index is 12.4. The minimum absolute atomic E-state index is 0.379. The van der Waals surface area contributed by atoms with Gasteiger partial charge in [-0.15, -0.1) is 11.3 Å². The predicted octanol–water partition coefficient (Wildman–Crippen LogP) is 4.08. The number of carbonyl (C=O) groups is 1. The van der Waals surface area contributed by atoms with Crippen molar-refractivity contribution in [2.75, 3.05) is 11.0 Å². The highest BCUT2D eigenvalue weighted by Gasteiger charge is 2.16. The quantitative estimate of drug-likeness (QED) is 0.480. The lowest BCUT2D eigenvalue weighted by molar-refractivity contribution is 0.0959. The van der Waals surface area contributed by atoms with Gasteiger partial charge in [-0.1, -0.05) is 41.9 Å². The van der Waals surface area contributed by atoms with Crippen LogP contribution in [0.2, 0.25) is 5.02 Å². The van der Waals surface area contributed by atoms with Gasteiger partial charge in [-0.3, -0.25) is 9.52 Å². The minimum Gasteiger partial charge on any atom is -0.284 e. The number of fused-ring (bicyclic) bond motifs is 1. The van der Waals surface area contributed by atoms with Crippen molar-refractivity contribution in [1.29, 1.82) is 0 Å². The van der Waals surface area contributed by atoms with Crippen LogP contribution in [0, 0.1) is 0 Å². The molecule has 0 saturated heterocycles. The van der Waals surface area contributed by atoms with E-state index in [2.05, 4.69) is 15.2 Å². The number of nitrogens with zero attached hydrogens (tertiary/aromatic N) is 1. The standard InChI is InChI=1S/C18H16ClN3O3S2/c1-11(12-7-9-13(10-8-12)22-27(2,24)25)20-21-18(23)17-16(19)14-5-3-4-6-15(14)26-17/h3-10,22H,1-2H3,(H,21,23)/b20-11+. The second-order valence-corrected chi connectivity index (χ2v) is 9.01. The number of hydrazone groups is 1. The third kappa shape index (κ3) is 4.65. The zero-order valence-electron chi connectivity index (χ0n) is 14.5. The van der Waals surface area contributed by atoms with Crippen molar-refractivity contribution in [1.82, 2.24) is 5.43 Å². The number of nitrogens with one attached hydrogen (secondary N) is 2. The molecular weight excluding hydrogens is 406 g/mol. The summed E-state index contributed by atoms with van der Waals surface area (Å²) >= 11 is 7.61. The van der Waals surface area contributed by atoms with Gasteiger partial charge < -0.3 is 0 Å². The Morgan fingerprint density at radius 2 is 1.78 bits per heavy atom. The Morgan fingerprint density at radius 3 is 2.41 bits per heavy atom. The molecule has 1 aromatic heterocycles. The number of halogens is 1. The van der Waals surface area contributed by atoms with E-state index in [0.29, 0.717) is 21.3 Å². The number of hydrogen-bond donors (Lipinski definition) is 2. The fourth-order valence-electron chi connectivity index (χ4n) is 2.40. The highest BCUT2D eigenvalue weighted by Crippen LogP contribution is 2.34. The van der Waals surface area contributed by atoms with Crippen LogP contribution in [0.15, 0.2) is 53.6 Å². The van der Waals surface area contributed by atoms with E-state index in [0.717, 1.165) is 21.9 Å². The molecule has 0 fully saturated rings. The molecule has 140 valence electrons. The number of thiophene rings is 1. The third-order valence-electron chi connectivity index (χ3n) is 3.67. The maximum atomic E-state index is 12.4. The van der Waals surface area contributed by atoms with E-state index < -0.39 is 10.0 Å². The summed E-state index contributed by atoms with van der Waals surface area (Å²) in [6.07, 6.45) is 1.09. The number of hydrogen-bond acceptors (Lipinski definition) is 5. The van der Waals surface area contributed by atoms with Crippen LogP contribution >= 0.6 is 22.9 Å². The monoisotopic (exact) mass is 421 g/mol. The molecule has 0 saturated carbocycles. The zero-order valence-corrected chi connectivity index (χ0v) is 16.9. The molecule has 0 radical (unpaired) electrons. The first-order chi connectivity index (χ1) is 12.7. The van der Waals surface area contributed by atoms with E-state index >= 15 is 0 Å². The van der Waals surface area contributed by atoms with Crippen LogP contribution in [0.4, 0.5) is 5.69 Å². The molecule has 0 aliphatic carbocycles. The maximum Gasteiger partial charge on any atom is 0.283 e. The van der Waals surface area contributed by atoms with Crippen molar-refractivity contribution in [3.05, 3.63) is 64.0 Å². The Hall–Kier alpha value is -2.42. The molecule has 0 aliphatic heterocycles. The molecule has 0 spiro atoms. The van der Waals surface area contributed by atoms with E-state index in [1.54, 1.807) is 31.2 Å². The largest absolute Gasteiger partial charge is 0.284 e. The topological polar surface area (TPSA) is 87.6 Å². The average Bonchev–Trinajstić information content (AvgIpc) is 2.96. The van der Waals surface area contributed by atoms with Crippen LogP contribution in [0.1, 0.15) is 22.2 Å². The van der Waals surface area contributed by atoms with Gasteiger partial charge in [-0.25, -0.2) is 13.8 Å². The van der Waals surface area contributed by atoms with Gasteiger partial charge >= 0.3 is 0 Å². The molecule has 27 heavy (non-hydrogen) atoms. The van der Waals surface area contributed by atoms with Crippen LogP contribution < -0.4 is 10.1 Å². The predicted molar refractivity (Wildman–Crippen MR) is 111 cm³/mol. The minimum atomic E-state index is -3.33. The van der Waals surface area contributed by atoms with Gasteiger partial charge in [-0.05, 0) is 30.7 Å². The van der Waals surface area contributed by atoms with Gasteiger partial charge in [0.05, 0.1) is 17.0 Å². The summed E-state index contributed by atoms with van der Waals surface area (Å²) < 4.78 is 25.8. The Bertz CT molecular complexity index is 1140. The summed E-state index contributed by atoms with van der Waals surface area (Å²) in [6.45, 7) is 1.74. The summed E-state index contributed by atoms with van der Waals surface area (Å²) in [6, 6.07) is 14.2. The Morgan fingerprint density at radius 1 is 1.11 bits per heavy atom. The number of carbonyl (C=O) groups excluding carboxylic acids is 1. The van der Waals surface area contributed by atoms with Crippen molar-refractivity contribution < 1.29 is 13.2 Å². The van der Waals surface area contributed by atoms with Crippen molar-refractivity contribution in [3.63, 3.8) is 0 Å². The fraction of sp³-hybridized carbons (Fsp3) is 0.111. The summed E-state index contributed by atoms with van der Waals surface area (Å²) in [4.78, 5) is 12.8. The molecule has 2 aromatic carbocycles. The second-order valence-electron chi connectivity index (χ2n) is 5.83. The number of benzene rings is 2. The Balaban J connectivity index is 1.74. The first-order valence-corrected chi connectivity index (χ1v) is 10.9. The molecule has 9 heteroatoms. The number of rotatable bonds is 5. The molecule has 0 aliphatic rings. The highest BCUT2D eigenvalue weighted by molar-refractivity contribution is 7.92. The third-order valence-corrected chi connectivity index (χ3v) is 5.95. The molecule has 6 nitrogen and oxygen atoms in total. The zero-order chi connectivity index (χ0) is 19.6. The van der Waals surface area contributed by atoms with Crippen LogP contribution in [-0.4, -0.2) is 26.3 Å². The first kappa shape index (κ1) is 19.3. The Kier molecular flexibility index (Phi) is 5.50. The Labute approximate surface area is 165 Å². The van der Waals surface area contributed by atoms with Gasteiger partial charge in [0.1, 0.15) is 4.88 Å². The summed E-state index contributed by atoms with van der Waals surface area (Å²) in [7, 11) is -3.33. The van der Waals surface area contributed by atoms with Gasteiger partial charge in [-0.2, -0.15) is 5.10 Å². The van der Waals surface area contributed by atoms with E-state index in [9.17, 15) is 13.2 Å². The summed E-state index contributed by atoms with van der Waals surface area (Å²) in [5.74, 6) is -0.379. The van der Waals surface area contributed by atoms with Crippen molar-refractivity contribution >= 4 is 60.4 Å². The SMILES string of the molecule is C/C(=N\NC(=O)c1sc2ccccc2c1Cl)c1ccc(NS(C)(=O)=O)cc1. The van der Waals surface area contributed by atoms with Crippen LogP contribution in [-0.2, 0) is 10.0 Å². The number of sulfonamides is 1. The summed E-state index contributed by atoms with van der Waals surface area (Å²) in [5.41, 5.74) is 4.29. The van der Waals surface area contributed by atoms with Crippen molar-refractivity contribution in [2.45, 2.75) is 6.92 Å². The van der Waals surface area contributed by atoms with Crippen LogP contribution in [0.25, 0.3) is 10.1 Å². The molecule has 2 N–H and O–H groups in total. The normalized spacial score (nSPS) is 12.2. The smallest absolute Gasteiger partial charge is 0.283 e. The first-order valence-electron chi connectivity index (χ1n) is 7.84. The van der Waals surface area contributed by atoms with Crippen LogP contribution in [0.3, 0.4) is 0 Å². The lowest BCUT2D eigenvalue weighted by Crippen LogP contribution is -2.18. The van der Waals surface area contributed by atoms with Gasteiger partial charge in [0.15, 0.2) is 0 Å². The van der Waals surface area contributed by atoms with Crippen molar-refractivity contribution in [2.24, 2.45) is 5.10 Å². The molecule has 0 bridgehead atoms. The van der Waals surface area contributed by atoms with E-state index in [4.69, 9.17) is 11.6 Å². The van der Waals surface area contributed by atoms with Gasteiger partial charge in [0, 0.05) is 15.8 Å². The van der Waals surface area contributed by atoms with E-state index in [1.807, 2.05) is 24.3 Å². The molecule has 3 rings (SSSR count). The van der Waals surface area contributed by atoms with E-state index in [-0.39, 0.29) is 5.91 Å². The average molecular weight is 422 g/mol. The molecule has 1 heterocycles. The van der Waals surface area contributed by atoms with Gasteiger partial charge in [0.2, 0.25) is 10.0 Å². The second kappa shape index (κ2) is 7.67. The van der Waals surface area contributed by atoms with Crippen LogP contribution in [0.5, 0.6) is 0 Å². The molecule has 0 unspecified atom stereocenters. The number of anilines is 1. The lowest BCUT2D eigenvalue weighted by Gasteiger charge is -2.06. The van der Waals surface area contributed by atoms with E-state index in [1.165, 1.54) is 11.3 Å². The lowest BCUT2D eigenvalue weighted by atomic mass is 10.1. The molecule has 3 aromatic rings. The highest BCUT2D eigenvalue weighted by atomic mass is 35.5. The van der Waals surface area contributed by atoms with Gasteiger partial charge in [0.25, 0.3) is 5.91 Å². The fourth-order valence-corrected chi connectivity index (χ4v) is 4.37. The summed E-state index contributed by atoms with van der Waals surface area (Å²) in [5, 5.41) is 5.36.